The third-order valence-corrected chi connectivity index (χ3v) is 0. The predicted octanol–water partition coefficient (Wildman–Crippen LogP) is -1.54. The Labute approximate surface area is 194 Å². The van der Waals surface area contributed by atoms with E-state index in [0.29, 0.717) is 0 Å². The third-order valence-electron chi connectivity index (χ3n) is 0. The molecule has 0 atom stereocenters. The van der Waals surface area contributed by atoms with Crippen LogP contribution in [0.1, 0.15) is 0 Å². The molecule has 0 unspecified atom stereocenters. The van der Waals surface area contributed by atoms with Crippen molar-refractivity contribution in [2.75, 3.05) is 0 Å². The summed E-state index contributed by atoms with van der Waals surface area (Å²) in [6, 6.07) is 0. The average Bonchev–Trinajstić information content (AvgIpc) is 0. The van der Waals surface area contributed by atoms with Crippen LogP contribution in [0, 0.1) is 0 Å². The topological polar surface area (TPSA) is 0 Å². The van der Waals surface area contributed by atoms with Gasteiger partial charge in [0.25, 0.3) is 0 Å². The SMILES string of the molecule is [Ge].[Ge].[Ge].[Ge].[Sc].[Sc].[Sc].[Sc].[Sc]. The predicted molar refractivity (Wildman–Crippen MR) is 23.0 cm³/mol. The van der Waals surface area contributed by atoms with Gasteiger partial charge < -0.3 is 0 Å². The molecular weight excluding hydrogens is 515 g/mol. The zero-order valence-electron chi connectivity index (χ0n) is 4.89. The molecule has 0 nitrogen and oxygen atoms in total. The van der Waals surface area contributed by atoms with E-state index in [9.17, 15) is 0 Å². The van der Waals surface area contributed by atoms with E-state index in [1.807, 2.05) is 0 Å². The standard InChI is InChI=1S/4Ge.5Sc. The quantitative estimate of drug-likeness (QED) is 0.344. The van der Waals surface area contributed by atoms with Gasteiger partial charge in [0.1, 0.15) is 0 Å². The van der Waals surface area contributed by atoms with Gasteiger partial charge in [0.15, 0.2) is 0 Å². The van der Waals surface area contributed by atoms with Crippen LogP contribution in [0.3, 0.4) is 0 Å². The van der Waals surface area contributed by atoms with E-state index in [1.54, 1.807) is 0 Å². The average molecular weight is 515 g/mol. The van der Waals surface area contributed by atoms with Crippen molar-refractivity contribution in [3.8, 4) is 0 Å². The Morgan fingerprint density at radius 1 is 0.222 bits per heavy atom. The van der Waals surface area contributed by atoms with E-state index >= 15 is 0 Å². The fraction of sp³-hybridized carbons (Fsp3) is 0. The molecule has 0 bridgehead atoms. The molecule has 21 radical (unpaired) electrons. The van der Waals surface area contributed by atoms with Crippen LogP contribution in [-0.2, 0) is 129 Å². The summed E-state index contributed by atoms with van der Waals surface area (Å²) in [4.78, 5) is 0. The molecule has 0 aliphatic rings. The molecule has 9 heteroatoms. The van der Waals surface area contributed by atoms with Crippen molar-refractivity contribution in [1.29, 1.82) is 0 Å². The second kappa shape index (κ2) is 62.4. The number of hydrogen-bond acceptors (Lipinski definition) is 0. The molecule has 0 aromatic rings. The fourth-order valence-corrected chi connectivity index (χ4v) is 0. The van der Waals surface area contributed by atoms with Crippen molar-refractivity contribution in [2.45, 2.75) is 0 Å². The van der Waals surface area contributed by atoms with Crippen LogP contribution in [0.25, 0.3) is 0 Å². The molecule has 0 rings (SSSR count). The van der Waals surface area contributed by atoms with E-state index < -0.39 is 0 Å². The van der Waals surface area contributed by atoms with Crippen molar-refractivity contribution in [2.24, 2.45) is 0 Å². The van der Waals surface area contributed by atoms with Crippen molar-refractivity contribution >= 4 is 70.4 Å². The van der Waals surface area contributed by atoms with Gasteiger partial charge in [-0.3, -0.25) is 0 Å². The second-order valence-electron chi connectivity index (χ2n) is 0. The van der Waals surface area contributed by atoms with Gasteiger partial charge >= 0.3 is 0 Å². The van der Waals surface area contributed by atoms with Crippen LogP contribution in [0.5, 0.6) is 0 Å². The van der Waals surface area contributed by atoms with Gasteiger partial charge in [-0.05, 0) is 0 Å². The maximum Gasteiger partial charge on any atom is 0 e. The molecule has 0 aromatic heterocycles. The minimum atomic E-state index is 0. The Kier molecular flexibility index (Phi) is 534. The van der Waals surface area contributed by atoms with E-state index in [0.717, 1.165) is 0 Å². The zero-order valence-corrected chi connectivity index (χ0v) is 22.3. The monoisotopic (exact) mass is 520 g/mol. The Bertz CT molecular complexity index is 8.92. The summed E-state index contributed by atoms with van der Waals surface area (Å²) in [7, 11) is 0. The van der Waals surface area contributed by atoms with Crippen molar-refractivity contribution in [1.82, 2.24) is 0 Å². The minimum Gasteiger partial charge on any atom is 0 e. The molecule has 9 heavy (non-hydrogen) atoms. The van der Waals surface area contributed by atoms with Crippen molar-refractivity contribution in [3.05, 3.63) is 0 Å². The van der Waals surface area contributed by atoms with Crippen LogP contribution < -0.4 is 0 Å². The molecule has 0 aromatic carbocycles. The van der Waals surface area contributed by atoms with Crippen LogP contribution in [0.15, 0.2) is 0 Å². The smallest absolute Gasteiger partial charge is 0 e. The molecule has 0 fully saturated rings. The second-order valence-corrected chi connectivity index (χ2v) is 0. The third kappa shape index (κ3) is 53.5. The number of rotatable bonds is 0. The molecule has 0 aliphatic heterocycles. The first-order valence-corrected chi connectivity index (χ1v) is 0. The zero-order chi connectivity index (χ0) is 0. The van der Waals surface area contributed by atoms with Crippen LogP contribution in [0.2, 0.25) is 0 Å². The molecule has 0 N–H and O–H groups in total. The van der Waals surface area contributed by atoms with Gasteiger partial charge in [0.2, 0.25) is 0 Å². The van der Waals surface area contributed by atoms with Crippen LogP contribution >= 0.6 is 0 Å². The van der Waals surface area contributed by atoms with Gasteiger partial charge in [-0.15, -0.1) is 0 Å². The Balaban J connectivity index is 0. The first-order valence-electron chi connectivity index (χ1n) is 0. The Hall–Kier alpha value is 6.52. The van der Waals surface area contributed by atoms with Gasteiger partial charge in [0.05, 0.1) is 0 Å². The van der Waals surface area contributed by atoms with E-state index in [1.165, 1.54) is 0 Å². The summed E-state index contributed by atoms with van der Waals surface area (Å²) >= 11 is 0. The summed E-state index contributed by atoms with van der Waals surface area (Å²) in [5, 5.41) is 0. The largest absolute Gasteiger partial charge is 0 e. The Morgan fingerprint density at radius 2 is 0.222 bits per heavy atom. The maximum absolute atomic E-state index is 0. The summed E-state index contributed by atoms with van der Waals surface area (Å²) < 4.78 is 0. The molecular formula is Ge4Sc5. The summed E-state index contributed by atoms with van der Waals surface area (Å²) in [5.74, 6) is 0. The van der Waals surface area contributed by atoms with Crippen molar-refractivity contribution in [3.63, 3.8) is 0 Å². The Morgan fingerprint density at radius 3 is 0.222 bits per heavy atom. The van der Waals surface area contributed by atoms with Crippen molar-refractivity contribution < 1.29 is 129 Å². The summed E-state index contributed by atoms with van der Waals surface area (Å²) in [5.41, 5.74) is 0. The molecule has 0 saturated heterocycles. The molecule has 0 heterocycles. The van der Waals surface area contributed by atoms with Gasteiger partial charge in [-0.2, -0.15) is 0 Å². The number of hydrogen-bond donors (Lipinski definition) is 0. The summed E-state index contributed by atoms with van der Waals surface area (Å²) in [6.07, 6.45) is 0. The molecule has 0 spiro atoms. The molecule has 0 amide bonds. The fourth-order valence-electron chi connectivity index (χ4n) is 0. The molecule has 0 aliphatic carbocycles. The van der Waals surface area contributed by atoms with E-state index in [4.69, 9.17) is 0 Å². The van der Waals surface area contributed by atoms with Gasteiger partial charge in [-0.1, -0.05) is 0 Å². The van der Waals surface area contributed by atoms with Crippen LogP contribution in [0.4, 0.5) is 0 Å². The first kappa shape index (κ1) is 77.0. The van der Waals surface area contributed by atoms with Gasteiger partial charge in [-0.25, -0.2) is 0 Å². The minimum absolute atomic E-state index is 0. The van der Waals surface area contributed by atoms with E-state index in [2.05, 4.69) is 0 Å². The molecule has 0 saturated carbocycles. The normalized spacial score (nSPS) is 0. The molecule has 31 valence electrons. The maximum atomic E-state index is 0. The van der Waals surface area contributed by atoms with Gasteiger partial charge in [0, 0.05) is 200 Å². The summed E-state index contributed by atoms with van der Waals surface area (Å²) in [6.45, 7) is 0. The van der Waals surface area contributed by atoms with E-state index in [-0.39, 0.29) is 200 Å². The van der Waals surface area contributed by atoms with Crippen LogP contribution in [-0.4, -0.2) is 70.4 Å². The first-order chi connectivity index (χ1) is 0.